The van der Waals surface area contributed by atoms with Gasteiger partial charge in [0.1, 0.15) is 0 Å². The minimum Gasteiger partial charge on any atom is -0.273 e. The summed E-state index contributed by atoms with van der Waals surface area (Å²) in [4.78, 5) is 22.3. The Morgan fingerprint density at radius 2 is 2.14 bits per heavy atom. The molecule has 6 heteroatoms. The van der Waals surface area contributed by atoms with Crippen LogP contribution in [0.4, 0.5) is 5.69 Å². The van der Waals surface area contributed by atoms with Crippen molar-refractivity contribution in [2.24, 2.45) is 22.4 Å². The Morgan fingerprint density at radius 1 is 1.41 bits per heavy atom. The van der Waals surface area contributed by atoms with Crippen molar-refractivity contribution in [2.75, 3.05) is 0 Å². The molecule has 116 valence electrons. The van der Waals surface area contributed by atoms with Crippen LogP contribution in [-0.4, -0.2) is 17.0 Å². The van der Waals surface area contributed by atoms with Crippen LogP contribution in [0.25, 0.3) is 0 Å². The molecule has 1 aromatic rings. The van der Waals surface area contributed by atoms with Crippen LogP contribution in [0.5, 0.6) is 0 Å². The fraction of sp³-hybridized carbons (Fsp3) is 0.500. The van der Waals surface area contributed by atoms with Crippen molar-refractivity contribution in [3.63, 3.8) is 0 Å². The Hall–Kier alpha value is -2.24. The van der Waals surface area contributed by atoms with Crippen molar-refractivity contribution < 1.29 is 9.72 Å². The van der Waals surface area contributed by atoms with Crippen LogP contribution >= 0.6 is 0 Å². The third-order valence-corrected chi connectivity index (χ3v) is 5.11. The zero-order chi connectivity index (χ0) is 15.7. The second kappa shape index (κ2) is 5.51. The van der Waals surface area contributed by atoms with Gasteiger partial charge in [-0.25, -0.2) is 5.43 Å². The number of hydrogen-bond acceptors (Lipinski definition) is 4. The molecule has 0 bridgehead atoms. The van der Waals surface area contributed by atoms with E-state index in [9.17, 15) is 14.9 Å². The molecule has 1 N–H and O–H groups in total. The Morgan fingerprint density at radius 3 is 2.73 bits per heavy atom. The Bertz CT molecular complexity index is 626. The molecule has 1 amide bonds. The Kier molecular flexibility index (Phi) is 3.68. The van der Waals surface area contributed by atoms with Gasteiger partial charge in [-0.1, -0.05) is 19.8 Å². The van der Waals surface area contributed by atoms with Gasteiger partial charge >= 0.3 is 0 Å². The summed E-state index contributed by atoms with van der Waals surface area (Å²) in [7, 11) is 0. The molecule has 0 aromatic heterocycles. The molecule has 0 aliphatic heterocycles. The number of benzene rings is 1. The predicted octanol–water partition coefficient (Wildman–Crippen LogP) is 2.87. The quantitative estimate of drug-likeness (QED) is 0.527. The number of carbonyl (C=O) groups is 1. The first-order valence-electron chi connectivity index (χ1n) is 7.60. The third kappa shape index (κ3) is 2.61. The van der Waals surface area contributed by atoms with Gasteiger partial charge in [-0.15, -0.1) is 0 Å². The number of hydrazone groups is 1. The Labute approximate surface area is 128 Å². The monoisotopic (exact) mass is 301 g/mol. The molecule has 1 aromatic carbocycles. The minimum absolute atomic E-state index is 0.00689. The number of rotatable bonds is 4. The lowest BCUT2D eigenvalue weighted by atomic mass is 9.90. The van der Waals surface area contributed by atoms with Crippen LogP contribution in [-0.2, 0) is 4.79 Å². The predicted molar refractivity (Wildman–Crippen MR) is 82.4 cm³/mol. The topological polar surface area (TPSA) is 84.6 Å². The molecule has 22 heavy (non-hydrogen) atoms. The summed E-state index contributed by atoms with van der Waals surface area (Å²) in [5.74, 6) is 0.590. The molecule has 2 aliphatic carbocycles. The van der Waals surface area contributed by atoms with E-state index >= 15 is 0 Å². The molecule has 6 nitrogen and oxygen atoms in total. The molecular weight excluding hydrogens is 282 g/mol. The van der Waals surface area contributed by atoms with E-state index in [1.165, 1.54) is 31.2 Å². The molecule has 0 radical (unpaired) electrons. The first-order valence-corrected chi connectivity index (χ1v) is 7.60. The van der Waals surface area contributed by atoms with Gasteiger partial charge in [-0.05, 0) is 41.9 Å². The van der Waals surface area contributed by atoms with E-state index < -0.39 is 4.92 Å². The van der Waals surface area contributed by atoms with Gasteiger partial charge in [0, 0.05) is 18.1 Å². The van der Waals surface area contributed by atoms with E-state index in [0.29, 0.717) is 11.5 Å². The summed E-state index contributed by atoms with van der Waals surface area (Å²) < 4.78 is 0. The van der Waals surface area contributed by atoms with Crippen LogP contribution in [0.15, 0.2) is 29.4 Å². The van der Waals surface area contributed by atoms with Crippen molar-refractivity contribution in [1.29, 1.82) is 0 Å². The number of amides is 1. The number of non-ortho nitro benzene ring substituents is 1. The molecule has 2 aliphatic rings. The van der Waals surface area contributed by atoms with Crippen molar-refractivity contribution in [3.8, 4) is 0 Å². The summed E-state index contributed by atoms with van der Waals surface area (Å²) in [5.41, 5.74) is 3.53. The fourth-order valence-corrected chi connectivity index (χ4v) is 3.77. The Balaban J connectivity index is 1.56. The number of nitrogens with zero attached hydrogens (tertiary/aromatic N) is 2. The molecule has 2 fully saturated rings. The molecule has 3 rings (SSSR count). The van der Waals surface area contributed by atoms with Crippen LogP contribution in [0.2, 0.25) is 0 Å². The number of nitrogens with one attached hydrogen (secondary N) is 1. The maximum absolute atomic E-state index is 12.2. The summed E-state index contributed by atoms with van der Waals surface area (Å²) >= 11 is 0. The van der Waals surface area contributed by atoms with E-state index in [1.807, 2.05) is 0 Å². The molecule has 2 saturated carbocycles. The summed E-state index contributed by atoms with van der Waals surface area (Å²) in [6.07, 6.45) is 6.21. The van der Waals surface area contributed by atoms with Crippen molar-refractivity contribution in [2.45, 2.75) is 32.6 Å². The number of fused-ring (bicyclic) bond motifs is 1. The standard InChI is InChI=1S/C16H19N3O3/c1-16-9-3-2-4-13(16)14(16)15(20)18-17-10-11-5-7-12(8-6-11)19(21)22/h5-8,10,13-14H,2-4,9H2,1H3,(H,18,20)/t13-,14-,16-/m0/s1. The maximum Gasteiger partial charge on any atom is 0.269 e. The lowest BCUT2D eigenvalue weighted by Gasteiger charge is -2.15. The molecular formula is C16H19N3O3. The lowest BCUT2D eigenvalue weighted by molar-refractivity contribution is -0.384. The van der Waals surface area contributed by atoms with Gasteiger partial charge in [0.05, 0.1) is 11.1 Å². The lowest BCUT2D eigenvalue weighted by Crippen LogP contribution is -2.22. The van der Waals surface area contributed by atoms with Crippen LogP contribution in [0.1, 0.15) is 38.2 Å². The highest BCUT2D eigenvalue weighted by Crippen LogP contribution is 2.66. The number of carbonyl (C=O) groups excluding carboxylic acids is 1. The zero-order valence-electron chi connectivity index (χ0n) is 12.5. The van der Waals surface area contributed by atoms with Crippen molar-refractivity contribution >= 4 is 17.8 Å². The second-order valence-electron chi connectivity index (χ2n) is 6.42. The highest BCUT2D eigenvalue weighted by Gasteiger charge is 2.64. The first-order chi connectivity index (χ1) is 10.5. The van der Waals surface area contributed by atoms with Crippen molar-refractivity contribution in [3.05, 3.63) is 39.9 Å². The summed E-state index contributed by atoms with van der Waals surface area (Å²) in [5, 5.41) is 14.5. The summed E-state index contributed by atoms with van der Waals surface area (Å²) in [6.45, 7) is 2.20. The third-order valence-electron chi connectivity index (χ3n) is 5.11. The molecule has 0 unspecified atom stereocenters. The van der Waals surface area contributed by atoms with Crippen LogP contribution < -0.4 is 5.43 Å². The fourth-order valence-electron chi connectivity index (χ4n) is 3.77. The highest BCUT2D eigenvalue weighted by molar-refractivity contribution is 5.86. The average Bonchev–Trinajstić information content (AvgIpc) is 3.13. The number of nitro benzene ring substituents is 1. The van der Waals surface area contributed by atoms with E-state index in [2.05, 4.69) is 17.5 Å². The smallest absolute Gasteiger partial charge is 0.269 e. The van der Waals surface area contributed by atoms with Gasteiger partial charge in [-0.3, -0.25) is 14.9 Å². The van der Waals surface area contributed by atoms with Crippen LogP contribution in [0.3, 0.4) is 0 Å². The first kappa shape index (κ1) is 14.7. The average molecular weight is 301 g/mol. The van der Waals surface area contributed by atoms with Gasteiger partial charge in [0.15, 0.2) is 0 Å². The second-order valence-corrected chi connectivity index (χ2v) is 6.42. The van der Waals surface area contributed by atoms with Gasteiger partial charge in [0.2, 0.25) is 5.91 Å². The van der Waals surface area contributed by atoms with E-state index in [4.69, 9.17) is 0 Å². The SMILES string of the molecule is C[C@]12CCCC[C@H]1[C@H]2C(=O)NN=Cc1ccc([N+](=O)[O-])cc1. The minimum atomic E-state index is -0.446. The molecule has 0 spiro atoms. The van der Waals surface area contributed by atoms with Gasteiger partial charge in [-0.2, -0.15) is 5.10 Å². The zero-order valence-corrected chi connectivity index (χ0v) is 12.5. The van der Waals surface area contributed by atoms with E-state index in [0.717, 1.165) is 12.8 Å². The number of hydrogen-bond donors (Lipinski definition) is 1. The van der Waals surface area contributed by atoms with E-state index in [1.54, 1.807) is 12.1 Å². The van der Waals surface area contributed by atoms with E-state index in [-0.39, 0.29) is 22.9 Å². The van der Waals surface area contributed by atoms with Crippen LogP contribution in [0, 0.1) is 27.4 Å². The maximum atomic E-state index is 12.2. The normalized spacial score (nSPS) is 29.9. The van der Waals surface area contributed by atoms with Gasteiger partial charge in [0.25, 0.3) is 5.69 Å². The summed E-state index contributed by atoms with van der Waals surface area (Å²) in [6, 6.07) is 6.04. The largest absolute Gasteiger partial charge is 0.273 e. The van der Waals surface area contributed by atoms with Crippen molar-refractivity contribution in [1.82, 2.24) is 5.43 Å². The highest BCUT2D eigenvalue weighted by atomic mass is 16.6. The molecule has 3 atom stereocenters. The number of nitro groups is 1. The molecule has 0 heterocycles. The van der Waals surface area contributed by atoms with Gasteiger partial charge < -0.3 is 0 Å². The molecule has 0 saturated heterocycles.